The predicted molar refractivity (Wildman–Crippen MR) is 120 cm³/mol. The molecule has 0 spiro atoms. The summed E-state index contributed by atoms with van der Waals surface area (Å²) < 4.78 is 27.4. The van der Waals surface area contributed by atoms with Crippen LogP contribution in [0.5, 0.6) is 0 Å². The number of amides is 1. The monoisotopic (exact) mass is 435 g/mol. The van der Waals surface area contributed by atoms with Gasteiger partial charge in [-0.05, 0) is 69.8 Å². The van der Waals surface area contributed by atoms with Gasteiger partial charge in [0, 0.05) is 37.8 Å². The Labute approximate surface area is 182 Å². The number of hydrogen-bond acceptors (Lipinski definition) is 4. The van der Waals surface area contributed by atoms with E-state index in [1.807, 2.05) is 0 Å². The summed E-state index contributed by atoms with van der Waals surface area (Å²) in [6, 6.07) is 7.05. The summed E-state index contributed by atoms with van der Waals surface area (Å²) >= 11 is 0. The molecule has 1 saturated heterocycles. The quantitative estimate of drug-likeness (QED) is 0.633. The fraction of sp³-hybridized carbons (Fsp3) is 0.696. The van der Waals surface area contributed by atoms with Crippen LogP contribution in [0, 0.1) is 0 Å². The lowest BCUT2D eigenvalue weighted by Crippen LogP contribution is -2.39. The molecule has 3 rings (SSSR count). The van der Waals surface area contributed by atoms with E-state index < -0.39 is 10.0 Å². The summed E-state index contributed by atoms with van der Waals surface area (Å²) in [6.07, 6.45) is 9.97. The molecule has 1 aromatic carbocycles. The maximum Gasteiger partial charge on any atom is 0.251 e. The van der Waals surface area contributed by atoms with Gasteiger partial charge in [-0.25, -0.2) is 8.42 Å². The van der Waals surface area contributed by atoms with Crippen molar-refractivity contribution in [3.05, 3.63) is 29.8 Å². The van der Waals surface area contributed by atoms with Gasteiger partial charge in [-0.2, -0.15) is 4.31 Å². The molecule has 2 fully saturated rings. The van der Waals surface area contributed by atoms with Crippen molar-refractivity contribution in [2.45, 2.75) is 81.7 Å². The van der Waals surface area contributed by atoms with Gasteiger partial charge >= 0.3 is 0 Å². The predicted octanol–water partition coefficient (Wildman–Crippen LogP) is 3.63. The lowest BCUT2D eigenvalue weighted by atomic mass is 9.96. The lowest BCUT2D eigenvalue weighted by molar-refractivity contribution is 0.0948. The molecule has 1 aliphatic carbocycles. The van der Waals surface area contributed by atoms with Crippen molar-refractivity contribution >= 4 is 15.9 Å². The summed E-state index contributed by atoms with van der Waals surface area (Å²) in [5.74, 6) is -0.147. The number of carbonyl (C=O) groups excluding carboxylic acids is 1. The maximum atomic E-state index is 12.9. The highest BCUT2D eigenvalue weighted by Crippen LogP contribution is 2.26. The van der Waals surface area contributed by atoms with E-state index >= 15 is 0 Å². The third kappa shape index (κ3) is 5.83. The molecule has 1 amide bonds. The molecule has 0 aromatic heterocycles. The molecular formula is C23H37N3O3S. The Bertz CT molecular complexity index is 788. The van der Waals surface area contributed by atoms with Crippen molar-refractivity contribution in [1.29, 1.82) is 0 Å². The van der Waals surface area contributed by atoms with E-state index in [1.54, 1.807) is 31.3 Å². The molecule has 6 nitrogen and oxygen atoms in total. The van der Waals surface area contributed by atoms with Crippen molar-refractivity contribution in [2.75, 3.05) is 26.7 Å². The number of carbonyl (C=O) groups is 1. The molecule has 1 aromatic rings. The smallest absolute Gasteiger partial charge is 0.251 e. The Hall–Kier alpha value is -1.44. The topological polar surface area (TPSA) is 69.7 Å². The second kappa shape index (κ2) is 10.7. The molecule has 0 bridgehead atoms. The molecular weight excluding hydrogens is 398 g/mol. The standard InChI is InChI=1S/C23H37N3O3S/c1-19-9-6-7-17-26(19)18-8-16-24-23(27)20-12-14-22(15-13-20)30(28,29)25(2)21-10-4-3-5-11-21/h12-15,19,21H,3-11,16-18H2,1-2H3,(H,24,27)/t19-/m1/s1. The molecule has 7 heteroatoms. The van der Waals surface area contributed by atoms with Crippen molar-refractivity contribution in [1.82, 2.24) is 14.5 Å². The van der Waals surface area contributed by atoms with Crippen LogP contribution < -0.4 is 5.32 Å². The van der Waals surface area contributed by atoms with Crippen LogP contribution in [0.15, 0.2) is 29.2 Å². The van der Waals surface area contributed by atoms with E-state index in [0.717, 1.165) is 45.2 Å². The highest BCUT2D eigenvalue weighted by Gasteiger charge is 2.29. The minimum absolute atomic E-state index is 0.0781. The van der Waals surface area contributed by atoms with Crippen LogP contribution in [-0.2, 0) is 10.0 Å². The highest BCUT2D eigenvalue weighted by molar-refractivity contribution is 7.89. The fourth-order valence-electron chi connectivity index (χ4n) is 4.66. The average Bonchev–Trinajstić information content (AvgIpc) is 2.77. The Morgan fingerprint density at radius 3 is 2.40 bits per heavy atom. The number of rotatable bonds is 8. The van der Waals surface area contributed by atoms with Gasteiger partial charge < -0.3 is 10.2 Å². The number of likely N-dealkylation sites (tertiary alicyclic amines) is 1. The van der Waals surface area contributed by atoms with Crippen LogP contribution in [0.3, 0.4) is 0 Å². The van der Waals surface area contributed by atoms with Crippen LogP contribution in [0.25, 0.3) is 0 Å². The van der Waals surface area contributed by atoms with Crippen LogP contribution in [-0.4, -0.2) is 62.3 Å². The molecule has 168 valence electrons. The van der Waals surface area contributed by atoms with Crippen LogP contribution >= 0.6 is 0 Å². The second-order valence-electron chi connectivity index (χ2n) is 8.83. The molecule has 1 N–H and O–H groups in total. The Morgan fingerprint density at radius 2 is 1.73 bits per heavy atom. The van der Waals surface area contributed by atoms with E-state index in [9.17, 15) is 13.2 Å². The molecule has 2 aliphatic rings. The van der Waals surface area contributed by atoms with E-state index in [2.05, 4.69) is 17.1 Å². The molecule has 1 heterocycles. The molecule has 30 heavy (non-hydrogen) atoms. The van der Waals surface area contributed by atoms with Gasteiger partial charge in [0.25, 0.3) is 5.91 Å². The Balaban J connectivity index is 1.49. The molecule has 1 aliphatic heterocycles. The van der Waals surface area contributed by atoms with E-state index in [1.165, 1.54) is 30.0 Å². The zero-order chi connectivity index (χ0) is 21.6. The summed E-state index contributed by atoms with van der Waals surface area (Å²) in [7, 11) is -1.85. The van der Waals surface area contributed by atoms with Crippen LogP contribution in [0.1, 0.15) is 75.1 Å². The van der Waals surface area contributed by atoms with Gasteiger partial charge in [-0.3, -0.25) is 4.79 Å². The van der Waals surface area contributed by atoms with Crippen LogP contribution in [0.4, 0.5) is 0 Å². The van der Waals surface area contributed by atoms with Gasteiger partial charge in [0.2, 0.25) is 10.0 Å². The van der Waals surface area contributed by atoms with Crippen molar-refractivity contribution in [3.8, 4) is 0 Å². The zero-order valence-corrected chi connectivity index (χ0v) is 19.3. The first-order valence-corrected chi connectivity index (χ1v) is 12.9. The van der Waals surface area contributed by atoms with E-state index in [-0.39, 0.29) is 16.8 Å². The normalized spacial score (nSPS) is 21.6. The van der Waals surface area contributed by atoms with Crippen molar-refractivity contribution < 1.29 is 13.2 Å². The summed E-state index contributed by atoms with van der Waals surface area (Å²) in [6.45, 7) is 5.07. The number of nitrogens with one attached hydrogen (secondary N) is 1. The fourth-order valence-corrected chi connectivity index (χ4v) is 6.08. The SMILES string of the molecule is C[C@@H]1CCCCN1CCCNC(=O)c1ccc(S(=O)(=O)N(C)C2CCCCC2)cc1. The van der Waals surface area contributed by atoms with Crippen molar-refractivity contribution in [2.24, 2.45) is 0 Å². The average molecular weight is 436 g/mol. The van der Waals surface area contributed by atoms with Gasteiger partial charge in [0.05, 0.1) is 4.90 Å². The lowest BCUT2D eigenvalue weighted by Gasteiger charge is -2.33. The number of benzene rings is 1. The first-order valence-electron chi connectivity index (χ1n) is 11.5. The van der Waals surface area contributed by atoms with Crippen LogP contribution in [0.2, 0.25) is 0 Å². The van der Waals surface area contributed by atoms with Gasteiger partial charge in [-0.1, -0.05) is 25.7 Å². The first-order chi connectivity index (χ1) is 14.4. The van der Waals surface area contributed by atoms with Gasteiger partial charge in [0.15, 0.2) is 0 Å². The number of nitrogens with zero attached hydrogens (tertiary/aromatic N) is 2. The van der Waals surface area contributed by atoms with E-state index in [0.29, 0.717) is 18.2 Å². The molecule has 0 unspecified atom stereocenters. The van der Waals surface area contributed by atoms with Crippen molar-refractivity contribution in [3.63, 3.8) is 0 Å². The summed E-state index contributed by atoms with van der Waals surface area (Å²) in [5, 5.41) is 2.96. The summed E-state index contributed by atoms with van der Waals surface area (Å²) in [4.78, 5) is 15.2. The number of piperidine rings is 1. The van der Waals surface area contributed by atoms with Gasteiger partial charge in [0.1, 0.15) is 0 Å². The zero-order valence-electron chi connectivity index (χ0n) is 18.5. The minimum Gasteiger partial charge on any atom is -0.352 e. The third-order valence-electron chi connectivity index (χ3n) is 6.73. The van der Waals surface area contributed by atoms with E-state index in [4.69, 9.17) is 0 Å². The second-order valence-corrected chi connectivity index (χ2v) is 10.8. The highest BCUT2D eigenvalue weighted by atomic mass is 32.2. The minimum atomic E-state index is -3.52. The Kier molecular flexibility index (Phi) is 8.31. The van der Waals surface area contributed by atoms with Gasteiger partial charge in [-0.15, -0.1) is 0 Å². The maximum absolute atomic E-state index is 12.9. The largest absolute Gasteiger partial charge is 0.352 e. The molecule has 1 saturated carbocycles. The Morgan fingerprint density at radius 1 is 1.07 bits per heavy atom. The number of hydrogen-bond donors (Lipinski definition) is 1. The summed E-state index contributed by atoms with van der Waals surface area (Å²) in [5.41, 5.74) is 0.501. The first kappa shape index (κ1) is 23.2. The number of sulfonamides is 1. The third-order valence-corrected chi connectivity index (χ3v) is 8.65. The molecule has 1 atom stereocenters. The molecule has 0 radical (unpaired) electrons.